The number of primary amides is 1. The average molecular weight is 981 g/mol. The van der Waals surface area contributed by atoms with E-state index in [1.54, 1.807) is 0 Å². The number of nitrogens with zero attached hydrogens (tertiary/aromatic N) is 2. The fourth-order valence-electron chi connectivity index (χ4n) is 7.06. The first-order valence-corrected chi connectivity index (χ1v) is 21.6. The average Bonchev–Trinajstić information content (AvgIpc) is 3.73. The zero-order valence-electron chi connectivity index (χ0n) is 38.5. The minimum absolute atomic E-state index is 0.0607. The molecule has 20 N–H and O–H groups in total. The maximum Gasteiger partial charge on any atom is 0.328 e. The number of aliphatic carboxylic acids is 2. The number of carboxylic acids is 2. The largest absolute Gasteiger partial charge is 0.507 e. The first-order chi connectivity index (χ1) is 32.1. The van der Waals surface area contributed by atoms with Crippen LogP contribution >= 0.6 is 0 Å². The standard InChI is InChI=1S/C41H64N12O16/c1-18(55)30(39(68)69)50-28(59)16-46-35(64)24-9-7-11-53(24)38(67)23(15-29(60)61)49-33(62)21(8-5-6-10-42)47-37(66)32(41(2,3)4)52-34(63)22(14-27(43)58)48-36(65)31(51-40(44)45)19-12-25(56)20(17-54)26(57)13-19/h12-13,18,21-24,30-32,54-57H,5-11,14-17,42H2,1-4H3,(H2,43,58)(H,46,64)(H,47,66)(H,48,65)(H,49,62)(H,50,59)(H,52,63)(H,60,61)(H,68,69)(H4,44,45,51)/t18?,21-,22-,23?,24?,30?,31?,32-/m0/s1. The number of aromatic hydroxyl groups is 2. The Morgan fingerprint density at radius 1 is 0.812 bits per heavy atom. The number of carbonyl (C=O) groups excluding carboxylic acids is 8. The number of phenols is 2. The summed E-state index contributed by atoms with van der Waals surface area (Å²) in [6.45, 7) is 4.25. The number of aliphatic hydroxyl groups excluding tert-OH is 2. The van der Waals surface area contributed by atoms with Crippen molar-refractivity contribution in [1.29, 1.82) is 0 Å². The summed E-state index contributed by atoms with van der Waals surface area (Å²) in [4.78, 5) is 135. The van der Waals surface area contributed by atoms with Gasteiger partial charge in [-0.05, 0) is 68.7 Å². The Morgan fingerprint density at radius 3 is 1.90 bits per heavy atom. The second-order valence-electron chi connectivity index (χ2n) is 17.2. The number of amides is 8. The van der Waals surface area contributed by atoms with Crippen LogP contribution in [0.3, 0.4) is 0 Å². The zero-order chi connectivity index (χ0) is 52.5. The van der Waals surface area contributed by atoms with E-state index in [-0.39, 0.29) is 49.9 Å². The molecule has 8 amide bonds. The van der Waals surface area contributed by atoms with Crippen molar-refractivity contribution in [2.45, 2.75) is 128 Å². The van der Waals surface area contributed by atoms with Crippen LogP contribution in [0.25, 0.3) is 0 Å². The Hall–Kier alpha value is -7.33. The molecule has 0 bridgehead atoms. The van der Waals surface area contributed by atoms with Crippen molar-refractivity contribution in [1.82, 2.24) is 36.8 Å². The first kappa shape index (κ1) is 57.8. The van der Waals surface area contributed by atoms with Crippen molar-refractivity contribution in [2.75, 3.05) is 19.6 Å². The number of unbranched alkanes of at least 4 members (excludes halogenated alkanes) is 1. The van der Waals surface area contributed by atoms with Crippen LogP contribution in [0.2, 0.25) is 0 Å². The minimum Gasteiger partial charge on any atom is -0.507 e. The van der Waals surface area contributed by atoms with Crippen LogP contribution in [-0.2, 0) is 54.6 Å². The summed E-state index contributed by atoms with van der Waals surface area (Å²) in [5.41, 5.74) is 20.4. The molecule has 28 nitrogen and oxygen atoms in total. The number of likely N-dealkylation sites (tertiary alicyclic amines) is 1. The van der Waals surface area contributed by atoms with Gasteiger partial charge in [-0.1, -0.05) is 20.8 Å². The summed E-state index contributed by atoms with van der Waals surface area (Å²) in [7, 11) is 0. The number of benzene rings is 1. The molecule has 1 fully saturated rings. The van der Waals surface area contributed by atoms with Gasteiger partial charge in [-0.15, -0.1) is 0 Å². The van der Waals surface area contributed by atoms with Gasteiger partial charge in [-0.2, -0.15) is 0 Å². The number of aliphatic hydroxyl groups is 2. The molecule has 1 aromatic rings. The minimum atomic E-state index is -1.82. The lowest BCUT2D eigenvalue weighted by atomic mass is 9.85. The van der Waals surface area contributed by atoms with Gasteiger partial charge in [0.2, 0.25) is 47.3 Å². The van der Waals surface area contributed by atoms with Crippen molar-refractivity contribution < 1.29 is 78.6 Å². The van der Waals surface area contributed by atoms with Gasteiger partial charge in [0.15, 0.2) is 18.0 Å². The van der Waals surface area contributed by atoms with Gasteiger partial charge < -0.3 is 90.4 Å². The van der Waals surface area contributed by atoms with Gasteiger partial charge in [-0.25, -0.2) is 9.79 Å². The topological polar surface area (TPSA) is 484 Å². The van der Waals surface area contributed by atoms with Crippen LogP contribution in [0.5, 0.6) is 11.5 Å². The molecule has 28 heteroatoms. The van der Waals surface area contributed by atoms with E-state index in [9.17, 15) is 78.6 Å². The van der Waals surface area contributed by atoms with Crippen LogP contribution in [0, 0.1) is 5.41 Å². The number of carbonyl (C=O) groups is 10. The van der Waals surface area contributed by atoms with Gasteiger partial charge in [0.1, 0.15) is 41.7 Å². The summed E-state index contributed by atoms with van der Waals surface area (Å²) < 4.78 is 0. The highest BCUT2D eigenvalue weighted by atomic mass is 16.4. The molecule has 1 aromatic carbocycles. The summed E-state index contributed by atoms with van der Waals surface area (Å²) in [6.07, 6.45) is -2.56. The molecule has 384 valence electrons. The molecule has 69 heavy (non-hydrogen) atoms. The monoisotopic (exact) mass is 980 g/mol. The fourth-order valence-corrected chi connectivity index (χ4v) is 7.06. The molecule has 8 atom stereocenters. The number of guanidine groups is 1. The number of rotatable bonds is 26. The van der Waals surface area contributed by atoms with E-state index in [1.165, 1.54) is 20.8 Å². The smallest absolute Gasteiger partial charge is 0.328 e. The molecule has 0 saturated carbocycles. The van der Waals surface area contributed by atoms with Crippen molar-refractivity contribution in [3.05, 3.63) is 23.3 Å². The zero-order valence-corrected chi connectivity index (χ0v) is 38.5. The predicted molar refractivity (Wildman–Crippen MR) is 239 cm³/mol. The van der Waals surface area contributed by atoms with Gasteiger partial charge in [0.25, 0.3) is 0 Å². The highest BCUT2D eigenvalue weighted by Gasteiger charge is 2.41. The third-order valence-corrected chi connectivity index (χ3v) is 10.6. The van der Waals surface area contributed by atoms with Crippen molar-refractivity contribution in [2.24, 2.45) is 33.3 Å². The summed E-state index contributed by atoms with van der Waals surface area (Å²) >= 11 is 0. The van der Waals surface area contributed by atoms with E-state index in [1.807, 2.05) is 5.32 Å². The predicted octanol–water partition coefficient (Wildman–Crippen LogP) is -5.57. The van der Waals surface area contributed by atoms with Crippen molar-refractivity contribution >= 4 is 65.2 Å². The second kappa shape index (κ2) is 26.3. The van der Waals surface area contributed by atoms with E-state index in [0.717, 1.165) is 24.0 Å². The molecule has 1 heterocycles. The highest BCUT2D eigenvalue weighted by Crippen LogP contribution is 2.33. The lowest BCUT2D eigenvalue weighted by Gasteiger charge is -2.33. The van der Waals surface area contributed by atoms with Crippen LogP contribution in [0.15, 0.2) is 17.1 Å². The Morgan fingerprint density at radius 2 is 1.39 bits per heavy atom. The second-order valence-corrected chi connectivity index (χ2v) is 17.2. The third-order valence-electron chi connectivity index (χ3n) is 10.6. The van der Waals surface area contributed by atoms with Crippen molar-refractivity contribution in [3.8, 4) is 11.5 Å². The molecule has 0 spiro atoms. The SMILES string of the molecule is CC(O)C(NC(=O)CNC(=O)C1CCCN1C(=O)C(CC(=O)O)NC(=O)[C@H](CCCCN)NC(=O)[C@H](NC(=O)[C@H](CC(N)=O)NC(=O)C(N=C(N)N)c1cc(O)c(CO)c(O)c1)C(C)(C)C)C(=O)O. The molecule has 0 radical (unpaired) electrons. The molecule has 1 aliphatic rings. The molecule has 2 rings (SSSR count). The summed E-state index contributed by atoms with van der Waals surface area (Å²) in [5, 5.41) is 72.6. The van der Waals surface area contributed by atoms with Gasteiger partial charge in [0.05, 0.1) is 37.7 Å². The molecule has 0 aliphatic carbocycles. The van der Waals surface area contributed by atoms with Gasteiger partial charge >= 0.3 is 11.9 Å². The summed E-state index contributed by atoms with van der Waals surface area (Å²) in [6, 6.07) is -9.46. The lowest BCUT2D eigenvalue weighted by Crippen LogP contribution is -2.62. The first-order valence-electron chi connectivity index (χ1n) is 21.6. The van der Waals surface area contributed by atoms with Gasteiger partial charge in [-0.3, -0.25) is 43.2 Å². The number of nitrogens with two attached hydrogens (primary N) is 4. The Bertz CT molecular complexity index is 2090. The Labute approximate surface area is 395 Å². The van der Waals surface area contributed by atoms with Crippen LogP contribution < -0.4 is 54.8 Å². The molecule has 1 saturated heterocycles. The Balaban J connectivity index is 2.38. The highest BCUT2D eigenvalue weighted by molar-refractivity contribution is 5.99. The lowest BCUT2D eigenvalue weighted by molar-refractivity contribution is -0.146. The van der Waals surface area contributed by atoms with Crippen LogP contribution in [0.4, 0.5) is 0 Å². The number of hydrogen-bond donors (Lipinski definition) is 16. The molecular weight excluding hydrogens is 917 g/mol. The van der Waals surface area contributed by atoms with E-state index in [0.29, 0.717) is 6.42 Å². The Kier molecular flexibility index (Phi) is 22.0. The van der Waals surface area contributed by atoms with E-state index >= 15 is 0 Å². The van der Waals surface area contributed by atoms with Crippen LogP contribution in [0.1, 0.15) is 89.8 Å². The van der Waals surface area contributed by atoms with Crippen molar-refractivity contribution in [3.63, 3.8) is 0 Å². The number of hydrogen-bond acceptors (Lipinski definition) is 16. The molecule has 1 aliphatic heterocycles. The van der Waals surface area contributed by atoms with Gasteiger partial charge in [0, 0.05) is 6.54 Å². The maximum absolute atomic E-state index is 14.1. The van der Waals surface area contributed by atoms with E-state index < -0.39 is 156 Å². The normalized spacial score (nSPS) is 16.4. The fraction of sp³-hybridized carbons (Fsp3) is 0.585. The molecular formula is C41H64N12O16. The summed E-state index contributed by atoms with van der Waals surface area (Å²) in [5.74, 6) is -13.3. The maximum atomic E-state index is 14.1. The van der Waals surface area contributed by atoms with E-state index in [2.05, 4.69) is 31.6 Å². The number of carboxylic acid groups (broad SMARTS) is 2. The molecule has 0 aromatic heterocycles. The van der Waals surface area contributed by atoms with E-state index in [4.69, 9.17) is 22.9 Å². The van der Waals surface area contributed by atoms with Crippen LogP contribution in [-0.4, -0.2) is 163 Å². The number of nitrogens with one attached hydrogen (secondary N) is 6. The number of aliphatic imine (C=N–C) groups is 1. The quantitative estimate of drug-likeness (QED) is 0.0234. The molecule has 5 unspecified atom stereocenters. The third kappa shape index (κ3) is 17.7.